The van der Waals surface area contributed by atoms with Crippen LogP contribution in [0.15, 0.2) is 522 Å². The van der Waals surface area contributed by atoms with Crippen LogP contribution in [0.4, 0.5) is 0 Å². The van der Waals surface area contributed by atoms with Gasteiger partial charge in [0.25, 0.3) is 0 Å². The van der Waals surface area contributed by atoms with Crippen molar-refractivity contribution in [2.75, 3.05) is 0 Å². The molecular formula is C138H86N6S3. The maximum Gasteiger partial charge on any atom is 0.0555 e. The van der Waals surface area contributed by atoms with E-state index in [1.54, 1.807) is 0 Å². The minimum Gasteiger partial charge on any atom is -0.309 e. The van der Waals surface area contributed by atoms with Gasteiger partial charge in [-0.1, -0.05) is 322 Å². The van der Waals surface area contributed by atoms with Crippen molar-refractivity contribution in [1.82, 2.24) is 27.4 Å². The molecule has 147 heavy (non-hydrogen) atoms. The number of hydrogen-bond donors (Lipinski definition) is 0. The van der Waals surface area contributed by atoms with Gasteiger partial charge in [-0.25, -0.2) is 0 Å². The molecule has 23 aromatic carbocycles. The molecule has 0 aliphatic heterocycles. The SMILES string of the molecule is c1ccc(-c2cccc(-n3c4ccccc4c4cc(-c5ccc6c(c5)c5ccccc5n6-c5cccc6sc7ccccc7c56)ccc43)c2)cc1.c1ccc(-c2ccccc2-n2c3ccccc3c3cc(-c4ccc5c(c4)c4ccccc4n5-c4cccc5sc6ccccc6c45)ccc32)cc1.c1ccc(-n2c3ccccc3c3cc(-c4ccc5c(c4)c4ccccc4n5-c4ccc5sc6ccccc6c5c4)ccc32)cc1. The second-order valence-electron chi connectivity index (χ2n) is 38.4. The summed E-state index contributed by atoms with van der Waals surface area (Å²) in [4.78, 5) is 0. The zero-order valence-electron chi connectivity index (χ0n) is 79.6. The van der Waals surface area contributed by atoms with Crippen LogP contribution in [0.5, 0.6) is 0 Å². The van der Waals surface area contributed by atoms with Crippen LogP contribution in [-0.4, -0.2) is 27.4 Å². The van der Waals surface area contributed by atoms with E-state index in [-0.39, 0.29) is 0 Å². The summed E-state index contributed by atoms with van der Waals surface area (Å²) in [6.45, 7) is 0. The van der Waals surface area contributed by atoms with Crippen LogP contribution >= 0.6 is 34.0 Å². The van der Waals surface area contributed by atoms with Gasteiger partial charge >= 0.3 is 0 Å². The van der Waals surface area contributed by atoms with E-state index in [0.29, 0.717) is 0 Å². The molecule has 0 unspecified atom stereocenters. The van der Waals surface area contributed by atoms with Crippen LogP contribution in [0.2, 0.25) is 0 Å². The minimum atomic E-state index is 1.16. The molecule has 9 heteroatoms. The number of fused-ring (bicyclic) bond motifs is 27. The smallest absolute Gasteiger partial charge is 0.0555 e. The second-order valence-corrected chi connectivity index (χ2v) is 41.7. The number of hydrogen-bond acceptors (Lipinski definition) is 3. The van der Waals surface area contributed by atoms with Crippen molar-refractivity contribution in [3.05, 3.63) is 522 Å². The molecule has 6 nitrogen and oxygen atoms in total. The lowest BCUT2D eigenvalue weighted by Crippen LogP contribution is -1.97. The van der Waals surface area contributed by atoms with Gasteiger partial charge in [-0.2, -0.15) is 0 Å². The lowest BCUT2D eigenvalue weighted by Gasteiger charge is -2.14. The van der Waals surface area contributed by atoms with Crippen LogP contribution in [0.25, 0.3) is 281 Å². The number of benzene rings is 23. The molecule has 0 radical (unpaired) electrons. The molecule has 0 saturated carbocycles. The topological polar surface area (TPSA) is 29.6 Å². The normalized spacial score (nSPS) is 11.9. The van der Waals surface area contributed by atoms with E-state index in [0.717, 1.165) is 5.69 Å². The fraction of sp³-hybridized carbons (Fsp3) is 0. The molecule has 0 bridgehead atoms. The molecule has 0 aliphatic rings. The molecule has 0 spiro atoms. The first-order chi connectivity index (χ1) is 72.9. The molecule has 0 N–H and O–H groups in total. The van der Waals surface area contributed by atoms with Crippen LogP contribution in [0.3, 0.4) is 0 Å². The molecule has 0 amide bonds. The largest absolute Gasteiger partial charge is 0.309 e. The monoisotopic (exact) mass is 1920 g/mol. The summed E-state index contributed by atoms with van der Waals surface area (Å²) >= 11 is 5.60. The number of rotatable bonds is 11. The van der Waals surface area contributed by atoms with Gasteiger partial charge in [0.2, 0.25) is 0 Å². The summed E-state index contributed by atoms with van der Waals surface area (Å²) in [6.07, 6.45) is 0. The third kappa shape index (κ3) is 13.6. The first-order valence-electron chi connectivity index (χ1n) is 50.2. The van der Waals surface area contributed by atoms with Crippen molar-refractivity contribution >= 4 is 225 Å². The predicted molar refractivity (Wildman–Crippen MR) is 631 cm³/mol. The molecule has 9 aromatic heterocycles. The van der Waals surface area contributed by atoms with Crippen LogP contribution in [-0.2, 0) is 0 Å². The Bertz CT molecular complexity index is 11000. The molecule has 0 fully saturated rings. The maximum absolute atomic E-state index is 2.47. The van der Waals surface area contributed by atoms with Crippen molar-refractivity contribution in [3.63, 3.8) is 0 Å². The molecule has 9 heterocycles. The minimum absolute atomic E-state index is 1.16. The van der Waals surface area contributed by atoms with E-state index in [1.807, 2.05) is 34.0 Å². The van der Waals surface area contributed by atoms with E-state index >= 15 is 0 Å². The van der Waals surface area contributed by atoms with Crippen molar-refractivity contribution < 1.29 is 0 Å². The quantitative estimate of drug-likeness (QED) is 0.124. The average Bonchev–Trinajstić information content (AvgIpc) is 1.56. The number of para-hydroxylation sites is 8. The zero-order valence-corrected chi connectivity index (χ0v) is 82.0. The van der Waals surface area contributed by atoms with E-state index in [1.165, 1.54) is 275 Å². The molecule has 32 aromatic rings. The van der Waals surface area contributed by atoms with E-state index in [9.17, 15) is 0 Å². The molecule has 0 aliphatic carbocycles. The van der Waals surface area contributed by atoms with Crippen molar-refractivity contribution in [2.45, 2.75) is 0 Å². The Morgan fingerprint density at radius 2 is 0.367 bits per heavy atom. The Kier molecular flexibility index (Phi) is 19.6. The Labute approximate surface area is 857 Å². The Hall–Kier alpha value is -18.5. The van der Waals surface area contributed by atoms with Gasteiger partial charge in [-0.3, -0.25) is 0 Å². The standard InChI is InChI=1S/2C48H30N2S.C42H26N2S/c1-2-13-31(14-3-1)34-15-4-8-19-40(34)49-41-20-9-5-16-35(41)38-29-32(25-27-43(38)49)33-26-28-44-39(30-33)36-17-6-10-21-42(36)50(44)45-22-12-24-47-48(45)37-18-7-11-23-46(37)51-47;1-2-12-31(13-3-1)32-14-10-15-35(28-32)49-41-19-7-4-16-36(41)39-29-33(24-26-43(39)49)34-25-27-44-40(30-34)37-17-5-8-20-42(37)50(44)45-21-11-23-47-48(45)38-18-6-9-22-46(38)51-47;1-2-10-29(11-3-1)43-37-15-7-4-12-31(37)34-24-27(18-21-39(34)43)28-19-22-40-35(25-28)32-13-5-8-16-38(32)44(40)30-20-23-42-36(26-30)33-14-6-9-17-41(33)45-42/h2*1-30H;1-26H. The number of thiophene rings is 3. The lowest BCUT2D eigenvalue weighted by atomic mass is 10.0. The summed E-state index contributed by atoms with van der Waals surface area (Å²) in [5.74, 6) is 0. The highest BCUT2D eigenvalue weighted by atomic mass is 32.1. The fourth-order valence-corrected chi connectivity index (χ4v) is 27.2. The Morgan fingerprint density at radius 1 is 0.116 bits per heavy atom. The second kappa shape index (κ2) is 34.1. The van der Waals surface area contributed by atoms with Gasteiger partial charge in [0.1, 0.15) is 0 Å². The summed E-state index contributed by atoms with van der Waals surface area (Å²) in [7, 11) is 0. The highest BCUT2D eigenvalue weighted by Crippen LogP contribution is 2.50. The Balaban J connectivity index is 0.000000102. The van der Waals surface area contributed by atoms with E-state index in [2.05, 4.69) is 549 Å². The highest BCUT2D eigenvalue weighted by Gasteiger charge is 2.26. The molecular weight excluding hydrogens is 1840 g/mol. The fourth-order valence-electron chi connectivity index (χ4n) is 23.8. The molecule has 0 atom stereocenters. The first kappa shape index (κ1) is 84.2. The molecule has 32 rings (SSSR count). The number of nitrogens with zero attached hydrogens (tertiary/aromatic N) is 6. The third-order valence-electron chi connectivity index (χ3n) is 30.4. The lowest BCUT2D eigenvalue weighted by molar-refractivity contribution is 1.18. The molecule has 0 saturated heterocycles. The first-order valence-corrected chi connectivity index (χ1v) is 52.7. The summed E-state index contributed by atoms with van der Waals surface area (Å²) in [6, 6.07) is 191. The van der Waals surface area contributed by atoms with Crippen molar-refractivity contribution in [1.29, 1.82) is 0 Å². The zero-order chi connectivity index (χ0) is 96.4. The van der Waals surface area contributed by atoms with Crippen LogP contribution < -0.4 is 0 Å². The maximum atomic E-state index is 2.47. The summed E-state index contributed by atoms with van der Waals surface area (Å²) < 4.78 is 22.5. The summed E-state index contributed by atoms with van der Waals surface area (Å²) in [5, 5.41) is 23.1. The van der Waals surface area contributed by atoms with E-state index < -0.39 is 0 Å². The highest BCUT2D eigenvalue weighted by molar-refractivity contribution is 7.26. The van der Waals surface area contributed by atoms with Crippen molar-refractivity contribution in [3.8, 4) is 89.8 Å². The van der Waals surface area contributed by atoms with Gasteiger partial charge in [0.15, 0.2) is 0 Å². The van der Waals surface area contributed by atoms with Gasteiger partial charge in [-0.15, -0.1) is 34.0 Å². The van der Waals surface area contributed by atoms with Crippen molar-refractivity contribution in [2.24, 2.45) is 0 Å². The average molecular weight is 1920 g/mol. The van der Waals surface area contributed by atoms with E-state index in [4.69, 9.17) is 0 Å². The third-order valence-corrected chi connectivity index (χ3v) is 33.8. The Morgan fingerprint density at radius 3 is 0.782 bits per heavy atom. The predicted octanol–water partition coefficient (Wildman–Crippen LogP) is 39.1. The van der Waals surface area contributed by atoms with Crippen LogP contribution in [0, 0.1) is 0 Å². The van der Waals surface area contributed by atoms with Crippen LogP contribution in [0.1, 0.15) is 0 Å². The van der Waals surface area contributed by atoms with Gasteiger partial charge in [0, 0.05) is 148 Å². The summed E-state index contributed by atoms with van der Waals surface area (Å²) in [5.41, 5.74) is 34.0. The van der Waals surface area contributed by atoms with Gasteiger partial charge in [-0.05, 0) is 250 Å². The number of aromatic nitrogens is 6. The van der Waals surface area contributed by atoms with Gasteiger partial charge in [0.05, 0.1) is 83.3 Å². The van der Waals surface area contributed by atoms with Gasteiger partial charge < -0.3 is 27.4 Å². The molecule has 686 valence electrons.